The van der Waals surface area contributed by atoms with Crippen LogP contribution in [0.2, 0.25) is 0 Å². The van der Waals surface area contributed by atoms with E-state index in [4.69, 9.17) is 0 Å². The molecular weight excluding hydrogens is 318 g/mol. The molecule has 22 heavy (non-hydrogen) atoms. The highest BCUT2D eigenvalue weighted by molar-refractivity contribution is 7.15. The van der Waals surface area contributed by atoms with Crippen molar-refractivity contribution in [1.82, 2.24) is 14.9 Å². The highest BCUT2D eigenvalue weighted by atomic mass is 32.1. The summed E-state index contributed by atoms with van der Waals surface area (Å²) in [4.78, 5) is 26.5. The van der Waals surface area contributed by atoms with Crippen molar-refractivity contribution < 1.29 is 4.79 Å². The van der Waals surface area contributed by atoms with Gasteiger partial charge in [-0.05, 0) is 13.8 Å². The molecule has 0 saturated carbocycles. The molecule has 8 heteroatoms. The zero-order valence-electron chi connectivity index (χ0n) is 12.7. The Morgan fingerprint density at radius 1 is 1.32 bits per heavy atom. The molecule has 2 aromatic rings. The lowest BCUT2D eigenvalue weighted by atomic mass is 10.2. The van der Waals surface area contributed by atoms with Gasteiger partial charge in [-0.15, -0.1) is 22.7 Å². The molecule has 2 aromatic heterocycles. The van der Waals surface area contributed by atoms with E-state index in [0.717, 1.165) is 31.3 Å². The number of hydrogen-bond donors (Lipinski definition) is 1. The first kappa shape index (κ1) is 15.4. The van der Waals surface area contributed by atoms with Crippen LogP contribution in [0.1, 0.15) is 11.8 Å². The minimum absolute atomic E-state index is 0.00786. The molecule has 0 aromatic carbocycles. The number of rotatable bonds is 4. The largest absolute Gasteiger partial charge is 0.346 e. The van der Waals surface area contributed by atoms with E-state index in [1.165, 1.54) is 16.2 Å². The fourth-order valence-electron chi connectivity index (χ4n) is 2.45. The number of piperazine rings is 1. The highest BCUT2D eigenvalue weighted by Gasteiger charge is 2.26. The van der Waals surface area contributed by atoms with E-state index in [0.29, 0.717) is 5.13 Å². The van der Waals surface area contributed by atoms with Crippen molar-refractivity contribution in [2.24, 2.45) is 0 Å². The number of hydrogen-bond acceptors (Lipinski definition) is 7. The van der Waals surface area contributed by atoms with Gasteiger partial charge in [0, 0.05) is 48.8 Å². The maximum absolute atomic E-state index is 12.3. The van der Waals surface area contributed by atoms with Crippen molar-refractivity contribution in [3.8, 4) is 0 Å². The molecule has 0 radical (unpaired) electrons. The van der Waals surface area contributed by atoms with E-state index in [9.17, 15) is 4.79 Å². The van der Waals surface area contributed by atoms with Gasteiger partial charge < -0.3 is 10.2 Å². The molecule has 1 amide bonds. The molecule has 1 saturated heterocycles. The third-order valence-corrected chi connectivity index (χ3v) is 5.45. The molecule has 6 nitrogen and oxygen atoms in total. The van der Waals surface area contributed by atoms with Gasteiger partial charge in [-0.2, -0.15) is 0 Å². The SMILES string of the molecule is Cc1cnc(N2CCN(C(C)C(=O)Nc3nccs3)CC2)s1. The number of aryl methyl sites for hydroxylation is 1. The molecule has 1 aliphatic heterocycles. The van der Waals surface area contributed by atoms with E-state index in [-0.39, 0.29) is 11.9 Å². The Balaban J connectivity index is 1.53. The number of anilines is 2. The Kier molecular flexibility index (Phi) is 4.70. The van der Waals surface area contributed by atoms with Crippen molar-refractivity contribution in [3.05, 3.63) is 22.7 Å². The Bertz CT molecular complexity index is 619. The summed E-state index contributed by atoms with van der Waals surface area (Å²) in [6, 6.07) is -0.149. The molecular formula is C14H19N5OS2. The van der Waals surface area contributed by atoms with Crippen LogP contribution in [0.3, 0.4) is 0 Å². The molecule has 1 fully saturated rings. The first-order valence-electron chi connectivity index (χ1n) is 7.25. The second-order valence-corrected chi connectivity index (χ2v) is 7.39. The fourth-order valence-corrected chi connectivity index (χ4v) is 3.79. The quantitative estimate of drug-likeness (QED) is 0.925. The minimum atomic E-state index is -0.149. The third kappa shape index (κ3) is 3.45. The maximum Gasteiger partial charge on any atom is 0.243 e. The zero-order valence-corrected chi connectivity index (χ0v) is 14.3. The lowest BCUT2D eigenvalue weighted by molar-refractivity contribution is -0.120. The van der Waals surface area contributed by atoms with Crippen LogP contribution in [0.5, 0.6) is 0 Å². The topological polar surface area (TPSA) is 61.4 Å². The van der Waals surface area contributed by atoms with Crippen LogP contribution in [0.25, 0.3) is 0 Å². The summed E-state index contributed by atoms with van der Waals surface area (Å²) >= 11 is 3.16. The average molecular weight is 337 g/mol. The van der Waals surface area contributed by atoms with E-state index >= 15 is 0 Å². The number of nitrogens with one attached hydrogen (secondary N) is 1. The van der Waals surface area contributed by atoms with E-state index in [2.05, 4.69) is 32.0 Å². The van der Waals surface area contributed by atoms with Crippen LogP contribution in [0.15, 0.2) is 17.8 Å². The summed E-state index contributed by atoms with van der Waals surface area (Å²) in [5, 5.41) is 6.47. The summed E-state index contributed by atoms with van der Waals surface area (Å²) in [5.41, 5.74) is 0. The van der Waals surface area contributed by atoms with Crippen molar-refractivity contribution in [2.45, 2.75) is 19.9 Å². The van der Waals surface area contributed by atoms with Gasteiger partial charge in [0.15, 0.2) is 10.3 Å². The Morgan fingerprint density at radius 2 is 2.09 bits per heavy atom. The van der Waals surface area contributed by atoms with Crippen LogP contribution in [0.4, 0.5) is 10.3 Å². The molecule has 0 aliphatic carbocycles. The molecule has 1 N–H and O–H groups in total. The normalized spacial score (nSPS) is 17.5. The summed E-state index contributed by atoms with van der Waals surface area (Å²) in [6.07, 6.45) is 3.61. The molecule has 3 heterocycles. The minimum Gasteiger partial charge on any atom is -0.346 e. The molecule has 0 spiro atoms. The standard InChI is InChI=1S/C14H19N5OS2/c1-10-9-16-14(22-10)19-6-4-18(5-7-19)11(2)12(20)17-13-15-3-8-21-13/h3,8-9,11H,4-7H2,1-2H3,(H,15,17,20). The number of aromatic nitrogens is 2. The number of carbonyl (C=O) groups excluding carboxylic acids is 1. The molecule has 1 aliphatic rings. The predicted molar refractivity (Wildman–Crippen MR) is 90.8 cm³/mol. The third-order valence-electron chi connectivity index (χ3n) is 3.78. The average Bonchev–Trinajstić information content (AvgIpc) is 3.18. The smallest absolute Gasteiger partial charge is 0.243 e. The van der Waals surface area contributed by atoms with Gasteiger partial charge in [0.25, 0.3) is 0 Å². The predicted octanol–water partition coefficient (Wildman–Crippen LogP) is 2.06. The molecule has 1 unspecified atom stereocenters. The van der Waals surface area contributed by atoms with Crippen LogP contribution >= 0.6 is 22.7 Å². The van der Waals surface area contributed by atoms with Gasteiger partial charge in [-0.3, -0.25) is 9.69 Å². The van der Waals surface area contributed by atoms with Crippen molar-refractivity contribution in [2.75, 3.05) is 36.4 Å². The fraction of sp³-hybridized carbons (Fsp3) is 0.500. The van der Waals surface area contributed by atoms with Gasteiger partial charge in [-0.25, -0.2) is 9.97 Å². The Labute approximate surface area is 137 Å². The lowest BCUT2D eigenvalue weighted by Gasteiger charge is -2.37. The molecule has 118 valence electrons. The Morgan fingerprint density at radius 3 is 2.68 bits per heavy atom. The van der Waals surface area contributed by atoms with Gasteiger partial charge >= 0.3 is 0 Å². The maximum atomic E-state index is 12.3. The van der Waals surface area contributed by atoms with Gasteiger partial charge in [-0.1, -0.05) is 0 Å². The number of carbonyl (C=O) groups is 1. The summed E-state index contributed by atoms with van der Waals surface area (Å²) < 4.78 is 0. The monoisotopic (exact) mass is 337 g/mol. The van der Waals surface area contributed by atoms with E-state index < -0.39 is 0 Å². The van der Waals surface area contributed by atoms with Crippen molar-refractivity contribution in [1.29, 1.82) is 0 Å². The number of nitrogens with zero attached hydrogens (tertiary/aromatic N) is 4. The molecule has 0 bridgehead atoms. The van der Waals surface area contributed by atoms with E-state index in [1.54, 1.807) is 17.5 Å². The van der Waals surface area contributed by atoms with Crippen LogP contribution in [-0.2, 0) is 4.79 Å². The first-order valence-corrected chi connectivity index (χ1v) is 8.95. The van der Waals surface area contributed by atoms with Crippen molar-refractivity contribution >= 4 is 38.8 Å². The van der Waals surface area contributed by atoms with Gasteiger partial charge in [0.1, 0.15) is 0 Å². The first-order chi connectivity index (χ1) is 10.6. The second-order valence-electron chi connectivity index (χ2n) is 5.28. The van der Waals surface area contributed by atoms with Crippen LogP contribution in [-0.4, -0.2) is 53.0 Å². The van der Waals surface area contributed by atoms with Crippen LogP contribution < -0.4 is 10.2 Å². The Hall–Kier alpha value is -1.51. The second kappa shape index (κ2) is 6.72. The van der Waals surface area contributed by atoms with Gasteiger partial charge in [0.05, 0.1) is 6.04 Å². The van der Waals surface area contributed by atoms with Crippen molar-refractivity contribution in [3.63, 3.8) is 0 Å². The lowest BCUT2D eigenvalue weighted by Crippen LogP contribution is -2.52. The van der Waals surface area contributed by atoms with E-state index in [1.807, 2.05) is 18.5 Å². The number of amides is 1. The summed E-state index contributed by atoms with van der Waals surface area (Å²) in [6.45, 7) is 7.56. The highest BCUT2D eigenvalue weighted by Crippen LogP contribution is 2.23. The summed E-state index contributed by atoms with van der Waals surface area (Å²) in [7, 11) is 0. The summed E-state index contributed by atoms with van der Waals surface area (Å²) in [5.74, 6) is 0.00786. The zero-order chi connectivity index (χ0) is 15.5. The number of thiazole rings is 2. The van der Waals surface area contributed by atoms with Crippen LogP contribution in [0, 0.1) is 6.92 Å². The van der Waals surface area contributed by atoms with Gasteiger partial charge in [0.2, 0.25) is 5.91 Å². The molecule has 3 rings (SSSR count). The molecule has 1 atom stereocenters.